The maximum absolute atomic E-state index is 5.90. The summed E-state index contributed by atoms with van der Waals surface area (Å²) in [5.74, 6) is 0.827. The van der Waals surface area contributed by atoms with Gasteiger partial charge in [-0.15, -0.1) is 0 Å². The molecule has 2 aliphatic rings. The van der Waals surface area contributed by atoms with Crippen LogP contribution in [-0.2, 0) is 11.3 Å². The van der Waals surface area contributed by atoms with E-state index in [9.17, 15) is 0 Å². The minimum Gasteiger partial charge on any atom is -0.497 e. The molecule has 0 aliphatic carbocycles. The van der Waals surface area contributed by atoms with Crippen LogP contribution in [0.25, 0.3) is 0 Å². The van der Waals surface area contributed by atoms with Gasteiger partial charge in [-0.2, -0.15) is 0 Å². The molecule has 0 amide bonds. The Morgan fingerprint density at radius 1 is 1.08 bits per heavy atom. The smallest absolute Gasteiger partial charge is 0.174 e. The summed E-state index contributed by atoms with van der Waals surface area (Å²) in [6, 6.07) is 16.4. The molecule has 190 valence electrons. The van der Waals surface area contributed by atoms with Crippen LogP contribution in [0.3, 0.4) is 0 Å². The number of rotatable bonds is 8. The number of aryl methyl sites for hydroxylation is 1. The maximum atomic E-state index is 5.90. The van der Waals surface area contributed by atoms with E-state index in [2.05, 4.69) is 57.8 Å². The number of nitrogens with one attached hydrogen (secondary N) is 1. The molecule has 0 spiro atoms. The van der Waals surface area contributed by atoms with Crippen molar-refractivity contribution >= 4 is 23.0 Å². The minimum absolute atomic E-state index is 0.0139. The fraction of sp³-hybridized carbons (Fsp3) is 0.429. The lowest BCUT2D eigenvalue weighted by atomic mass is 9.96. The number of pyridine rings is 1. The number of ether oxygens (including phenoxy) is 2. The van der Waals surface area contributed by atoms with Gasteiger partial charge in [-0.1, -0.05) is 6.07 Å². The van der Waals surface area contributed by atoms with E-state index in [-0.39, 0.29) is 12.1 Å². The molecule has 2 saturated heterocycles. The number of methoxy groups -OCH3 is 1. The van der Waals surface area contributed by atoms with Gasteiger partial charge in [0, 0.05) is 49.5 Å². The topological polar surface area (TPSA) is 54.8 Å². The molecule has 36 heavy (non-hydrogen) atoms. The Kier molecular flexibility index (Phi) is 7.55. The van der Waals surface area contributed by atoms with Crippen molar-refractivity contribution in [1.29, 1.82) is 0 Å². The summed E-state index contributed by atoms with van der Waals surface area (Å²) in [5.41, 5.74) is 5.85. The third-order valence-corrected chi connectivity index (χ3v) is 7.65. The number of hydrogen-bond donors (Lipinski definition) is 1. The molecule has 0 saturated carbocycles. The van der Waals surface area contributed by atoms with Crippen LogP contribution in [0.1, 0.15) is 41.1 Å². The Bertz CT molecular complexity index is 1170. The van der Waals surface area contributed by atoms with Gasteiger partial charge in [-0.25, -0.2) is 0 Å². The van der Waals surface area contributed by atoms with Crippen LogP contribution in [0.4, 0.5) is 5.69 Å². The standard InChI is InChI=1S/C28H35N5O2S/c1-20-19-24(21(2)32(20)14-6-13-31-15-17-35-18-16-31)27-26(25-7-4-5-12-29-25)30-28(36)33(27)22-8-10-23(34-3)11-9-22/h4-5,7-12,19,26-27H,6,13-18H2,1-3H3,(H,30,36)/t26-,27-/m0/s1. The Morgan fingerprint density at radius 3 is 2.56 bits per heavy atom. The van der Waals surface area contributed by atoms with Crippen LogP contribution in [-0.4, -0.2) is 59.5 Å². The first-order chi connectivity index (χ1) is 17.6. The predicted octanol–water partition coefficient (Wildman–Crippen LogP) is 4.41. The van der Waals surface area contributed by atoms with E-state index < -0.39 is 0 Å². The summed E-state index contributed by atoms with van der Waals surface area (Å²) < 4.78 is 13.3. The largest absolute Gasteiger partial charge is 0.497 e. The van der Waals surface area contributed by atoms with Crippen molar-refractivity contribution in [2.45, 2.75) is 38.9 Å². The number of benzene rings is 1. The van der Waals surface area contributed by atoms with Crippen molar-refractivity contribution in [1.82, 2.24) is 19.8 Å². The number of aromatic nitrogens is 2. The zero-order chi connectivity index (χ0) is 25.1. The van der Waals surface area contributed by atoms with Gasteiger partial charge >= 0.3 is 0 Å². The summed E-state index contributed by atoms with van der Waals surface area (Å²) in [7, 11) is 1.69. The Hall–Kier alpha value is -2.94. The lowest BCUT2D eigenvalue weighted by Gasteiger charge is -2.28. The van der Waals surface area contributed by atoms with Crippen LogP contribution in [0.15, 0.2) is 54.7 Å². The Labute approximate surface area is 219 Å². The highest BCUT2D eigenvalue weighted by molar-refractivity contribution is 7.80. The van der Waals surface area contributed by atoms with Crippen LogP contribution in [0.2, 0.25) is 0 Å². The molecule has 5 rings (SSSR count). The second-order valence-corrected chi connectivity index (χ2v) is 9.87. The highest BCUT2D eigenvalue weighted by atomic mass is 32.1. The van der Waals surface area contributed by atoms with Crippen molar-refractivity contribution in [3.63, 3.8) is 0 Å². The third-order valence-electron chi connectivity index (χ3n) is 7.34. The van der Waals surface area contributed by atoms with Crippen LogP contribution in [0.5, 0.6) is 5.75 Å². The quantitative estimate of drug-likeness (QED) is 0.455. The second-order valence-electron chi connectivity index (χ2n) is 9.48. The molecule has 7 nitrogen and oxygen atoms in total. The van der Waals surface area contributed by atoms with Gasteiger partial charge in [0.1, 0.15) is 5.75 Å². The van der Waals surface area contributed by atoms with Gasteiger partial charge in [0.15, 0.2) is 5.11 Å². The molecule has 4 heterocycles. The van der Waals surface area contributed by atoms with E-state index in [4.69, 9.17) is 26.7 Å². The van der Waals surface area contributed by atoms with Crippen LogP contribution in [0, 0.1) is 13.8 Å². The number of morpholine rings is 1. The molecule has 0 radical (unpaired) electrons. The first kappa shape index (κ1) is 24.7. The average Bonchev–Trinajstić information content (AvgIpc) is 3.40. The molecule has 2 fully saturated rings. The summed E-state index contributed by atoms with van der Waals surface area (Å²) in [6.07, 6.45) is 2.96. The average molecular weight is 506 g/mol. The fourth-order valence-corrected chi connectivity index (χ4v) is 5.79. The van der Waals surface area contributed by atoms with Crippen molar-refractivity contribution < 1.29 is 9.47 Å². The maximum Gasteiger partial charge on any atom is 0.174 e. The minimum atomic E-state index is -0.0527. The Balaban J connectivity index is 1.46. The molecule has 3 aromatic rings. The molecule has 2 atom stereocenters. The lowest BCUT2D eigenvalue weighted by molar-refractivity contribution is 0.0369. The SMILES string of the molecule is COc1ccc(N2C(=S)N[C@@H](c3ccccn3)[C@@H]2c2cc(C)n(CCCN3CCOCC3)c2C)cc1. The number of hydrogen-bond acceptors (Lipinski definition) is 5. The van der Waals surface area contributed by atoms with Gasteiger partial charge in [0.05, 0.1) is 38.1 Å². The lowest BCUT2D eigenvalue weighted by Crippen LogP contribution is -2.37. The second kappa shape index (κ2) is 11.0. The van der Waals surface area contributed by atoms with E-state index in [0.717, 1.165) is 62.9 Å². The van der Waals surface area contributed by atoms with Gasteiger partial charge in [-0.05, 0) is 80.5 Å². The first-order valence-electron chi connectivity index (χ1n) is 12.7. The summed E-state index contributed by atoms with van der Waals surface area (Å²) in [4.78, 5) is 9.43. The number of anilines is 1. The van der Waals surface area contributed by atoms with Gasteiger partial charge in [0.2, 0.25) is 0 Å². The monoisotopic (exact) mass is 505 g/mol. The van der Waals surface area contributed by atoms with Crippen LogP contribution >= 0.6 is 12.2 Å². The van der Waals surface area contributed by atoms with E-state index in [0.29, 0.717) is 5.11 Å². The summed E-state index contributed by atoms with van der Waals surface area (Å²) in [6.45, 7) is 10.3. The van der Waals surface area contributed by atoms with Gasteiger partial charge in [-0.3, -0.25) is 9.88 Å². The molecule has 2 aliphatic heterocycles. The number of nitrogens with zero attached hydrogens (tertiary/aromatic N) is 4. The number of thiocarbonyl (C=S) groups is 1. The highest BCUT2D eigenvalue weighted by Crippen LogP contribution is 2.43. The Morgan fingerprint density at radius 2 is 1.86 bits per heavy atom. The molecular weight excluding hydrogens is 470 g/mol. The molecule has 8 heteroatoms. The van der Waals surface area contributed by atoms with E-state index in [1.165, 1.54) is 17.0 Å². The molecule has 0 unspecified atom stereocenters. The third kappa shape index (κ3) is 4.98. The van der Waals surface area contributed by atoms with E-state index in [1.54, 1.807) is 7.11 Å². The predicted molar refractivity (Wildman–Crippen MR) is 147 cm³/mol. The van der Waals surface area contributed by atoms with Crippen molar-refractivity contribution in [3.05, 3.63) is 77.4 Å². The molecule has 0 bridgehead atoms. The normalized spacial score (nSPS) is 20.5. The van der Waals surface area contributed by atoms with E-state index in [1.807, 2.05) is 30.5 Å². The molecule has 1 N–H and O–H groups in total. The molecule has 2 aromatic heterocycles. The summed E-state index contributed by atoms with van der Waals surface area (Å²) >= 11 is 5.90. The van der Waals surface area contributed by atoms with Crippen molar-refractivity contribution in [3.8, 4) is 5.75 Å². The zero-order valence-corrected chi connectivity index (χ0v) is 22.1. The highest BCUT2D eigenvalue weighted by Gasteiger charge is 2.42. The molecular formula is C28H35N5O2S. The summed E-state index contributed by atoms with van der Waals surface area (Å²) in [5, 5.41) is 4.28. The fourth-order valence-electron chi connectivity index (χ4n) is 5.44. The van der Waals surface area contributed by atoms with Crippen molar-refractivity contribution in [2.75, 3.05) is 44.9 Å². The zero-order valence-electron chi connectivity index (χ0n) is 21.3. The first-order valence-corrected chi connectivity index (χ1v) is 13.1. The van der Waals surface area contributed by atoms with Gasteiger partial charge < -0.3 is 24.3 Å². The van der Waals surface area contributed by atoms with E-state index >= 15 is 0 Å². The van der Waals surface area contributed by atoms with Gasteiger partial charge in [0.25, 0.3) is 0 Å². The van der Waals surface area contributed by atoms with Crippen LogP contribution < -0.4 is 15.0 Å². The molecule has 1 aromatic carbocycles. The van der Waals surface area contributed by atoms with Crippen molar-refractivity contribution in [2.24, 2.45) is 0 Å².